The molecule has 94 valence electrons. The van der Waals surface area contributed by atoms with Crippen LogP contribution in [0, 0.1) is 5.41 Å². The zero-order valence-electron chi connectivity index (χ0n) is 10.4. The number of aromatic nitrogens is 1. The van der Waals surface area contributed by atoms with E-state index in [4.69, 9.17) is 9.47 Å². The molecule has 1 rings (SSSR count). The molecule has 4 nitrogen and oxygen atoms in total. The molecule has 0 aromatic carbocycles. The Morgan fingerprint density at radius 2 is 2.12 bits per heavy atom. The molecule has 0 fully saturated rings. The van der Waals surface area contributed by atoms with Gasteiger partial charge in [-0.2, -0.15) is 0 Å². The van der Waals surface area contributed by atoms with Gasteiger partial charge in [0.2, 0.25) is 5.88 Å². The lowest BCUT2D eigenvalue weighted by atomic mass is 9.86. The highest BCUT2D eigenvalue weighted by Crippen LogP contribution is 2.27. The summed E-state index contributed by atoms with van der Waals surface area (Å²) in [5, 5.41) is 0. The summed E-state index contributed by atoms with van der Waals surface area (Å²) in [6.45, 7) is 3.69. The topological polar surface area (TPSA) is 48.4 Å². The van der Waals surface area contributed by atoms with Gasteiger partial charge in [0.1, 0.15) is 0 Å². The van der Waals surface area contributed by atoms with Crippen LogP contribution < -0.4 is 4.74 Å². The average molecular weight is 302 g/mol. The van der Waals surface area contributed by atoms with Crippen LogP contribution in [0.4, 0.5) is 0 Å². The predicted molar refractivity (Wildman–Crippen MR) is 68.0 cm³/mol. The fourth-order valence-corrected chi connectivity index (χ4v) is 2.13. The number of methoxy groups -OCH3 is 2. The summed E-state index contributed by atoms with van der Waals surface area (Å²) in [5.74, 6) is 0.300. The van der Waals surface area contributed by atoms with E-state index in [2.05, 4.69) is 20.9 Å². The van der Waals surface area contributed by atoms with E-state index in [1.54, 1.807) is 13.3 Å². The second-order valence-electron chi connectivity index (χ2n) is 4.39. The standard InChI is InChI=1S/C12H16BrNO3/c1-12(2,11(15)17-4)6-8-5-9(13)10(16-3)14-7-8/h5,7H,6H2,1-4H3. The predicted octanol–water partition coefficient (Wildman–Crippen LogP) is 2.59. The maximum absolute atomic E-state index is 11.6. The fourth-order valence-electron chi connectivity index (χ4n) is 1.57. The molecule has 0 aliphatic heterocycles. The summed E-state index contributed by atoms with van der Waals surface area (Å²) in [5.41, 5.74) is 0.387. The molecule has 0 aliphatic carbocycles. The quantitative estimate of drug-likeness (QED) is 0.802. The minimum atomic E-state index is -0.565. The number of esters is 1. The van der Waals surface area contributed by atoms with E-state index in [1.807, 2.05) is 19.9 Å². The first-order valence-electron chi connectivity index (χ1n) is 5.17. The molecule has 0 unspecified atom stereocenters. The van der Waals surface area contributed by atoms with Gasteiger partial charge in [-0.15, -0.1) is 0 Å². The van der Waals surface area contributed by atoms with Crippen molar-refractivity contribution in [3.05, 3.63) is 22.3 Å². The number of carbonyl (C=O) groups is 1. The molecule has 1 heterocycles. The molecular weight excluding hydrogens is 286 g/mol. The lowest BCUT2D eigenvalue weighted by Crippen LogP contribution is -2.28. The van der Waals surface area contributed by atoms with Gasteiger partial charge >= 0.3 is 5.97 Å². The SMILES string of the molecule is COC(=O)C(C)(C)Cc1cnc(OC)c(Br)c1. The van der Waals surface area contributed by atoms with Crippen molar-refractivity contribution in [2.45, 2.75) is 20.3 Å². The van der Waals surface area contributed by atoms with Crippen molar-refractivity contribution in [2.24, 2.45) is 5.41 Å². The molecule has 0 amide bonds. The molecule has 0 N–H and O–H groups in total. The zero-order valence-corrected chi connectivity index (χ0v) is 12.0. The maximum atomic E-state index is 11.6. The van der Waals surface area contributed by atoms with Gasteiger partial charge in [-0.3, -0.25) is 4.79 Å². The third kappa shape index (κ3) is 3.43. The van der Waals surface area contributed by atoms with Gasteiger partial charge in [-0.05, 0) is 47.8 Å². The highest BCUT2D eigenvalue weighted by Gasteiger charge is 2.29. The van der Waals surface area contributed by atoms with Crippen molar-refractivity contribution in [3.8, 4) is 5.88 Å². The van der Waals surface area contributed by atoms with E-state index < -0.39 is 5.41 Å². The molecule has 0 bridgehead atoms. The Kier molecular flexibility index (Phi) is 4.51. The Morgan fingerprint density at radius 3 is 2.59 bits per heavy atom. The summed E-state index contributed by atoms with van der Waals surface area (Å²) in [7, 11) is 2.96. The van der Waals surface area contributed by atoms with Crippen LogP contribution in [0.15, 0.2) is 16.7 Å². The molecule has 1 aromatic rings. The Labute approximate surface area is 109 Å². The largest absolute Gasteiger partial charge is 0.480 e. The number of pyridine rings is 1. The molecule has 0 radical (unpaired) electrons. The normalized spacial score (nSPS) is 11.1. The second kappa shape index (κ2) is 5.49. The van der Waals surface area contributed by atoms with Crippen LogP contribution in [0.3, 0.4) is 0 Å². The van der Waals surface area contributed by atoms with Gasteiger partial charge in [0.25, 0.3) is 0 Å². The molecular formula is C12H16BrNO3. The third-order valence-electron chi connectivity index (χ3n) is 2.44. The summed E-state index contributed by atoms with van der Waals surface area (Å²) in [6.07, 6.45) is 2.27. The van der Waals surface area contributed by atoms with Crippen LogP contribution in [-0.2, 0) is 16.0 Å². The Balaban J connectivity index is 2.89. The summed E-state index contributed by atoms with van der Waals surface area (Å²) in [6, 6.07) is 1.90. The molecule has 0 aliphatic rings. The highest BCUT2D eigenvalue weighted by atomic mass is 79.9. The smallest absolute Gasteiger partial charge is 0.311 e. The van der Waals surface area contributed by atoms with Gasteiger partial charge in [0, 0.05) is 6.20 Å². The van der Waals surface area contributed by atoms with Gasteiger partial charge in [0.15, 0.2) is 0 Å². The van der Waals surface area contributed by atoms with E-state index in [9.17, 15) is 4.79 Å². The minimum Gasteiger partial charge on any atom is -0.480 e. The van der Waals surface area contributed by atoms with Crippen molar-refractivity contribution in [1.29, 1.82) is 0 Å². The minimum absolute atomic E-state index is 0.232. The number of ether oxygens (including phenoxy) is 2. The Bertz CT molecular complexity index is 418. The Morgan fingerprint density at radius 1 is 1.47 bits per heavy atom. The summed E-state index contributed by atoms with van der Waals surface area (Å²) in [4.78, 5) is 15.7. The van der Waals surface area contributed by atoms with Crippen LogP contribution >= 0.6 is 15.9 Å². The summed E-state index contributed by atoms with van der Waals surface area (Å²) < 4.78 is 10.6. The molecule has 5 heteroatoms. The summed E-state index contributed by atoms with van der Waals surface area (Å²) >= 11 is 3.37. The van der Waals surface area contributed by atoms with Crippen molar-refractivity contribution in [1.82, 2.24) is 4.98 Å². The molecule has 0 saturated carbocycles. The number of halogens is 1. The van der Waals surface area contributed by atoms with E-state index in [-0.39, 0.29) is 5.97 Å². The molecule has 1 aromatic heterocycles. The number of hydrogen-bond donors (Lipinski definition) is 0. The van der Waals surface area contributed by atoms with Crippen LogP contribution in [0.25, 0.3) is 0 Å². The van der Waals surface area contributed by atoms with Gasteiger partial charge in [0.05, 0.1) is 24.1 Å². The van der Waals surface area contributed by atoms with E-state index >= 15 is 0 Å². The van der Waals surface area contributed by atoms with Crippen LogP contribution in [-0.4, -0.2) is 25.2 Å². The number of rotatable bonds is 4. The number of carbonyl (C=O) groups excluding carboxylic acids is 1. The Hall–Kier alpha value is -1.10. The van der Waals surface area contributed by atoms with Crippen molar-refractivity contribution >= 4 is 21.9 Å². The molecule has 0 atom stereocenters. The first-order chi connectivity index (χ1) is 7.90. The monoisotopic (exact) mass is 301 g/mol. The van der Waals surface area contributed by atoms with Gasteiger partial charge in [-0.25, -0.2) is 4.98 Å². The van der Waals surface area contributed by atoms with Crippen LogP contribution in [0.1, 0.15) is 19.4 Å². The zero-order chi connectivity index (χ0) is 13.1. The first-order valence-corrected chi connectivity index (χ1v) is 5.97. The third-order valence-corrected chi connectivity index (χ3v) is 3.01. The molecule has 17 heavy (non-hydrogen) atoms. The molecule has 0 spiro atoms. The van der Waals surface area contributed by atoms with Crippen LogP contribution in [0.5, 0.6) is 5.88 Å². The van der Waals surface area contributed by atoms with E-state index in [1.165, 1.54) is 7.11 Å². The fraction of sp³-hybridized carbons (Fsp3) is 0.500. The van der Waals surface area contributed by atoms with Crippen molar-refractivity contribution in [3.63, 3.8) is 0 Å². The maximum Gasteiger partial charge on any atom is 0.311 e. The number of hydrogen-bond acceptors (Lipinski definition) is 4. The number of nitrogens with zero attached hydrogens (tertiary/aromatic N) is 1. The highest BCUT2D eigenvalue weighted by molar-refractivity contribution is 9.10. The van der Waals surface area contributed by atoms with Gasteiger partial charge in [-0.1, -0.05) is 0 Å². The average Bonchev–Trinajstić information content (AvgIpc) is 2.27. The second-order valence-corrected chi connectivity index (χ2v) is 5.24. The molecule has 0 saturated heterocycles. The van der Waals surface area contributed by atoms with Gasteiger partial charge < -0.3 is 9.47 Å². The lowest BCUT2D eigenvalue weighted by molar-refractivity contribution is -0.150. The van der Waals surface area contributed by atoms with E-state index in [0.717, 1.165) is 10.0 Å². The lowest BCUT2D eigenvalue weighted by Gasteiger charge is -2.21. The van der Waals surface area contributed by atoms with Crippen molar-refractivity contribution in [2.75, 3.05) is 14.2 Å². The van der Waals surface area contributed by atoms with E-state index in [0.29, 0.717) is 12.3 Å². The first kappa shape index (κ1) is 14.0. The van der Waals surface area contributed by atoms with Crippen LogP contribution in [0.2, 0.25) is 0 Å². The van der Waals surface area contributed by atoms with Crippen molar-refractivity contribution < 1.29 is 14.3 Å².